The van der Waals surface area contributed by atoms with E-state index in [2.05, 4.69) is 12.2 Å². The molecule has 72 valence electrons. The summed E-state index contributed by atoms with van der Waals surface area (Å²) in [4.78, 5) is 0. The average molecular weight is 171 g/mol. The van der Waals surface area contributed by atoms with Crippen molar-refractivity contribution in [1.82, 2.24) is 5.32 Å². The van der Waals surface area contributed by atoms with E-state index in [1.807, 2.05) is 0 Å². The van der Waals surface area contributed by atoms with Crippen molar-refractivity contribution in [2.75, 3.05) is 26.8 Å². The van der Waals surface area contributed by atoms with Gasteiger partial charge in [-0.25, -0.2) is 0 Å². The molecule has 0 aromatic carbocycles. The van der Waals surface area contributed by atoms with Crippen LogP contribution in [-0.4, -0.2) is 26.8 Å². The third kappa shape index (κ3) is 3.11. The van der Waals surface area contributed by atoms with Gasteiger partial charge in [0.2, 0.25) is 0 Å². The lowest BCUT2D eigenvalue weighted by molar-refractivity contribution is 0.172. The minimum Gasteiger partial charge on any atom is -0.385 e. The minimum absolute atomic E-state index is 0.883. The molecule has 2 heteroatoms. The first-order valence-electron chi connectivity index (χ1n) is 5.04. The standard InChI is InChI=1S/C10H21NO/c1-9-5-6-11-8-10(9)4-3-7-12-2/h9-11H,3-8H2,1-2H3. The molecule has 0 aliphatic carbocycles. The van der Waals surface area contributed by atoms with Crippen LogP contribution in [0, 0.1) is 11.8 Å². The summed E-state index contributed by atoms with van der Waals surface area (Å²) in [6, 6.07) is 0. The van der Waals surface area contributed by atoms with Crippen molar-refractivity contribution in [2.24, 2.45) is 11.8 Å². The molecule has 2 nitrogen and oxygen atoms in total. The zero-order chi connectivity index (χ0) is 8.81. The maximum absolute atomic E-state index is 5.05. The number of rotatable bonds is 4. The maximum atomic E-state index is 5.05. The monoisotopic (exact) mass is 171 g/mol. The van der Waals surface area contributed by atoms with Crippen molar-refractivity contribution in [3.05, 3.63) is 0 Å². The van der Waals surface area contributed by atoms with E-state index in [1.165, 1.54) is 32.4 Å². The topological polar surface area (TPSA) is 21.3 Å². The molecule has 0 amide bonds. The smallest absolute Gasteiger partial charge is 0.0462 e. The van der Waals surface area contributed by atoms with Gasteiger partial charge in [-0.3, -0.25) is 0 Å². The lowest BCUT2D eigenvalue weighted by Crippen LogP contribution is -2.35. The Labute approximate surface area is 75.7 Å². The lowest BCUT2D eigenvalue weighted by atomic mass is 9.85. The zero-order valence-corrected chi connectivity index (χ0v) is 8.31. The normalized spacial score (nSPS) is 30.5. The highest BCUT2D eigenvalue weighted by Gasteiger charge is 2.19. The van der Waals surface area contributed by atoms with Gasteiger partial charge in [-0.2, -0.15) is 0 Å². The molecule has 1 aliphatic heterocycles. The second-order valence-corrected chi connectivity index (χ2v) is 3.87. The number of hydrogen-bond donors (Lipinski definition) is 1. The molecule has 0 saturated carbocycles. The largest absolute Gasteiger partial charge is 0.385 e. The Bertz CT molecular complexity index is 116. The van der Waals surface area contributed by atoms with E-state index in [0.29, 0.717) is 0 Å². The molecular weight excluding hydrogens is 150 g/mol. The highest BCUT2D eigenvalue weighted by atomic mass is 16.5. The van der Waals surface area contributed by atoms with Gasteiger partial charge in [-0.05, 0) is 44.2 Å². The van der Waals surface area contributed by atoms with Gasteiger partial charge < -0.3 is 10.1 Å². The second-order valence-electron chi connectivity index (χ2n) is 3.87. The summed E-state index contributed by atoms with van der Waals surface area (Å²) in [5.41, 5.74) is 0. The van der Waals surface area contributed by atoms with Gasteiger partial charge in [-0.1, -0.05) is 6.92 Å². The Hall–Kier alpha value is -0.0800. The van der Waals surface area contributed by atoms with Crippen molar-refractivity contribution in [3.8, 4) is 0 Å². The quantitative estimate of drug-likeness (QED) is 0.649. The summed E-state index contributed by atoms with van der Waals surface area (Å²) in [7, 11) is 1.78. The average Bonchev–Trinajstić information content (AvgIpc) is 2.09. The summed E-state index contributed by atoms with van der Waals surface area (Å²) >= 11 is 0. The van der Waals surface area contributed by atoms with Crippen LogP contribution in [-0.2, 0) is 4.74 Å². The summed E-state index contributed by atoms with van der Waals surface area (Å²) in [6.07, 6.45) is 3.88. The molecule has 0 spiro atoms. The summed E-state index contributed by atoms with van der Waals surface area (Å²) in [5.74, 6) is 1.79. The van der Waals surface area contributed by atoms with Crippen molar-refractivity contribution >= 4 is 0 Å². The van der Waals surface area contributed by atoms with Crippen molar-refractivity contribution in [1.29, 1.82) is 0 Å². The van der Waals surface area contributed by atoms with Crippen LogP contribution < -0.4 is 5.32 Å². The maximum Gasteiger partial charge on any atom is 0.0462 e. The van der Waals surface area contributed by atoms with E-state index in [4.69, 9.17) is 4.74 Å². The van der Waals surface area contributed by atoms with Crippen molar-refractivity contribution < 1.29 is 4.74 Å². The molecule has 2 atom stereocenters. The molecule has 1 fully saturated rings. The number of nitrogens with one attached hydrogen (secondary N) is 1. The van der Waals surface area contributed by atoms with Crippen molar-refractivity contribution in [3.63, 3.8) is 0 Å². The zero-order valence-electron chi connectivity index (χ0n) is 8.31. The fourth-order valence-electron chi connectivity index (χ4n) is 1.93. The number of methoxy groups -OCH3 is 1. The van der Waals surface area contributed by atoms with Crippen LogP contribution in [0.4, 0.5) is 0 Å². The molecule has 1 rings (SSSR count). The highest BCUT2D eigenvalue weighted by molar-refractivity contribution is 4.74. The molecule has 0 aromatic heterocycles. The van der Waals surface area contributed by atoms with Crippen LogP contribution in [0.5, 0.6) is 0 Å². The Morgan fingerprint density at radius 2 is 2.33 bits per heavy atom. The molecular formula is C10H21NO. The Balaban J connectivity index is 2.11. The predicted octanol–water partition coefficient (Wildman–Crippen LogP) is 1.66. The van der Waals surface area contributed by atoms with Gasteiger partial charge in [0, 0.05) is 13.7 Å². The van der Waals surface area contributed by atoms with E-state index in [-0.39, 0.29) is 0 Å². The third-order valence-corrected chi connectivity index (χ3v) is 2.91. The van der Waals surface area contributed by atoms with E-state index >= 15 is 0 Å². The van der Waals surface area contributed by atoms with E-state index in [1.54, 1.807) is 7.11 Å². The third-order valence-electron chi connectivity index (χ3n) is 2.91. The van der Waals surface area contributed by atoms with Crippen LogP contribution in [0.3, 0.4) is 0 Å². The van der Waals surface area contributed by atoms with E-state index in [9.17, 15) is 0 Å². The highest BCUT2D eigenvalue weighted by Crippen LogP contribution is 2.22. The molecule has 0 radical (unpaired) electrons. The van der Waals surface area contributed by atoms with E-state index < -0.39 is 0 Å². The summed E-state index contributed by atoms with van der Waals surface area (Å²) in [6.45, 7) is 5.72. The fourth-order valence-corrected chi connectivity index (χ4v) is 1.93. The fraction of sp³-hybridized carbons (Fsp3) is 1.00. The summed E-state index contributed by atoms with van der Waals surface area (Å²) in [5, 5.41) is 3.45. The molecule has 1 heterocycles. The summed E-state index contributed by atoms with van der Waals surface area (Å²) < 4.78 is 5.05. The van der Waals surface area contributed by atoms with Crippen LogP contribution in [0.15, 0.2) is 0 Å². The van der Waals surface area contributed by atoms with Crippen LogP contribution in [0.25, 0.3) is 0 Å². The van der Waals surface area contributed by atoms with E-state index in [0.717, 1.165) is 18.4 Å². The first kappa shape index (κ1) is 10.0. The Morgan fingerprint density at radius 3 is 3.00 bits per heavy atom. The van der Waals surface area contributed by atoms with Crippen LogP contribution >= 0.6 is 0 Å². The molecule has 1 aliphatic rings. The van der Waals surface area contributed by atoms with Crippen LogP contribution in [0.1, 0.15) is 26.2 Å². The molecule has 0 aromatic rings. The number of piperidine rings is 1. The molecule has 1 saturated heterocycles. The molecule has 2 unspecified atom stereocenters. The van der Waals surface area contributed by atoms with Gasteiger partial charge in [-0.15, -0.1) is 0 Å². The van der Waals surface area contributed by atoms with Gasteiger partial charge in [0.15, 0.2) is 0 Å². The first-order chi connectivity index (χ1) is 5.84. The van der Waals surface area contributed by atoms with Gasteiger partial charge in [0.05, 0.1) is 0 Å². The lowest BCUT2D eigenvalue weighted by Gasteiger charge is -2.29. The van der Waals surface area contributed by atoms with Gasteiger partial charge in [0.25, 0.3) is 0 Å². The molecule has 1 N–H and O–H groups in total. The van der Waals surface area contributed by atoms with Gasteiger partial charge >= 0.3 is 0 Å². The van der Waals surface area contributed by atoms with Crippen molar-refractivity contribution in [2.45, 2.75) is 26.2 Å². The number of ether oxygens (including phenoxy) is 1. The second kappa shape index (κ2) is 5.55. The van der Waals surface area contributed by atoms with Crippen LogP contribution in [0.2, 0.25) is 0 Å². The first-order valence-corrected chi connectivity index (χ1v) is 5.04. The Kier molecular flexibility index (Phi) is 4.62. The predicted molar refractivity (Wildman–Crippen MR) is 51.3 cm³/mol. The van der Waals surface area contributed by atoms with Gasteiger partial charge in [0.1, 0.15) is 0 Å². The molecule has 12 heavy (non-hydrogen) atoms. The molecule has 0 bridgehead atoms. The number of hydrogen-bond acceptors (Lipinski definition) is 2. The SMILES string of the molecule is COCCCC1CNCCC1C. The minimum atomic E-state index is 0.883. The Morgan fingerprint density at radius 1 is 1.50 bits per heavy atom.